The maximum Gasteiger partial charge on any atom is 0.103 e. The minimum atomic E-state index is -0.634. The van der Waals surface area contributed by atoms with E-state index in [2.05, 4.69) is 15.1 Å². The molecule has 5 heteroatoms. The second-order valence-corrected chi connectivity index (χ2v) is 3.94. The number of aliphatic hydroxyl groups excluding tert-OH is 1. The second kappa shape index (κ2) is 5.05. The molecule has 90 valence electrons. The van der Waals surface area contributed by atoms with Gasteiger partial charge < -0.3 is 5.11 Å². The number of hydrogen-bond acceptors (Lipinski definition) is 4. The molecule has 2 aromatic heterocycles. The molecule has 1 unspecified atom stereocenters. The van der Waals surface area contributed by atoms with Gasteiger partial charge >= 0.3 is 0 Å². The largest absolute Gasteiger partial charge is 0.386 e. The van der Waals surface area contributed by atoms with Gasteiger partial charge in [-0.15, -0.1) is 0 Å². The van der Waals surface area contributed by atoms with Crippen LogP contribution in [0.2, 0.25) is 0 Å². The summed E-state index contributed by atoms with van der Waals surface area (Å²) in [6.07, 6.45) is 4.64. The Balaban J connectivity index is 2.15. The molecular formula is C12H16N4O. The molecule has 0 radical (unpaired) electrons. The van der Waals surface area contributed by atoms with Crippen LogP contribution in [0.5, 0.6) is 0 Å². The van der Waals surface area contributed by atoms with Crippen molar-refractivity contribution in [1.82, 2.24) is 19.7 Å². The number of rotatable bonds is 4. The van der Waals surface area contributed by atoms with Crippen molar-refractivity contribution < 1.29 is 5.11 Å². The summed E-state index contributed by atoms with van der Waals surface area (Å²) >= 11 is 0. The van der Waals surface area contributed by atoms with Crippen molar-refractivity contribution in [2.45, 2.75) is 32.9 Å². The molecule has 1 N–H and O–H groups in total. The van der Waals surface area contributed by atoms with Gasteiger partial charge in [-0.1, -0.05) is 0 Å². The topological polar surface area (TPSA) is 63.8 Å². The van der Waals surface area contributed by atoms with Gasteiger partial charge in [0.2, 0.25) is 0 Å². The smallest absolute Gasteiger partial charge is 0.103 e. The van der Waals surface area contributed by atoms with E-state index >= 15 is 0 Å². The zero-order valence-electron chi connectivity index (χ0n) is 10.0. The predicted molar refractivity (Wildman–Crippen MR) is 63.3 cm³/mol. The minimum Gasteiger partial charge on any atom is -0.386 e. The molecule has 17 heavy (non-hydrogen) atoms. The molecule has 5 nitrogen and oxygen atoms in total. The number of hydrogen-bond donors (Lipinski definition) is 1. The van der Waals surface area contributed by atoms with E-state index in [9.17, 15) is 5.11 Å². The van der Waals surface area contributed by atoms with E-state index in [-0.39, 0.29) is 0 Å². The molecular weight excluding hydrogens is 216 g/mol. The number of aromatic nitrogens is 4. The second-order valence-electron chi connectivity index (χ2n) is 3.94. The van der Waals surface area contributed by atoms with Crippen LogP contribution in [0.4, 0.5) is 0 Å². The highest BCUT2D eigenvalue weighted by molar-refractivity contribution is 5.12. The number of nitrogens with zero attached hydrogens (tertiary/aromatic N) is 4. The fourth-order valence-electron chi connectivity index (χ4n) is 1.82. The summed E-state index contributed by atoms with van der Waals surface area (Å²) in [5.74, 6) is 0. The van der Waals surface area contributed by atoms with Crippen molar-refractivity contribution in [3.8, 4) is 0 Å². The fraction of sp³-hybridized carbons (Fsp3) is 0.417. The van der Waals surface area contributed by atoms with Crippen LogP contribution in [0.1, 0.15) is 30.1 Å². The third-order valence-corrected chi connectivity index (χ3v) is 2.61. The summed E-state index contributed by atoms with van der Waals surface area (Å²) in [7, 11) is 0. The first-order valence-corrected chi connectivity index (χ1v) is 5.68. The third-order valence-electron chi connectivity index (χ3n) is 2.61. The highest BCUT2D eigenvalue weighted by atomic mass is 16.3. The molecule has 0 aliphatic heterocycles. The predicted octanol–water partition coefficient (Wildman–Crippen LogP) is 1.28. The fourth-order valence-corrected chi connectivity index (χ4v) is 1.82. The maximum atomic E-state index is 10.1. The van der Waals surface area contributed by atoms with Crippen molar-refractivity contribution >= 4 is 0 Å². The van der Waals surface area contributed by atoms with E-state index in [1.165, 1.54) is 0 Å². The van der Waals surface area contributed by atoms with E-state index in [0.717, 1.165) is 17.9 Å². The van der Waals surface area contributed by atoms with Gasteiger partial charge in [0.25, 0.3) is 0 Å². The third kappa shape index (κ3) is 2.68. The first kappa shape index (κ1) is 11.7. The molecule has 0 spiro atoms. The first-order valence-electron chi connectivity index (χ1n) is 5.68. The van der Waals surface area contributed by atoms with Crippen LogP contribution >= 0.6 is 0 Å². The van der Waals surface area contributed by atoms with E-state index in [1.807, 2.05) is 24.6 Å². The summed E-state index contributed by atoms with van der Waals surface area (Å²) in [4.78, 5) is 8.05. The van der Waals surface area contributed by atoms with Gasteiger partial charge in [-0.3, -0.25) is 14.6 Å². The molecule has 0 aliphatic rings. The summed E-state index contributed by atoms with van der Waals surface area (Å²) in [6.45, 7) is 4.78. The molecule has 0 aromatic carbocycles. The monoisotopic (exact) mass is 232 g/mol. The summed E-state index contributed by atoms with van der Waals surface area (Å²) in [5, 5.41) is 14.4. The molecule has 0 aliphatic carbocycles. The van der Waals surface area contributed by atoms with Gasteiger partial charge in [0.1, 0.15) is 6.10 Å². The van der Waals surface area contributed by atoms with Gasteiger partial charge in [-0.05, 0) is 19.9 Å². The zero-order valence-corrected chi connectivity index (χ0v) is 10.0. The molecule has 0 amide bonds. The van der Waals surface area contributed by atoms with Crippen molar-refractivity contribution in [1.29, 1.82) is 0 Å². The molecule has 0 saturated heterocycles. The highest BCUT2D eigenvalue weighted by Crippen LogP contribution is 2.16. The molecule has 2 heterocycles. The van der Waals surface area contributed by atoms with Crippen LogP contribution in [0.15, 0.2) is 24.7 Å². The lowest BCUT2D eigenvalue weighted by molar-refractivity contribution is 0.170. The van der Waals surface area contributed by atoms with Crippen LogP contribution < -0.4 is 0 Å². The lowest BCUT2D eigenvalue weighted by Crippen LogP contribution is -2.09. The Hall–Kier alpha value is -1.75. The van der Waals surface area contributed by atoms with Crippen LogP contribution in [-0.2, 0) is 13.0 Å². The highest BCUT2D eigenvalue weighted by Gasteiger charge is 2.13. The average molecular weight is 232 g/mol. The summed E-state index contributed by atoms with van der Waals surface area (Å²) < 4.78 is 1.90. The Kier molecular flexibility index (Phi) is 3.49. The molecule has 2 aromatic rings. The van der Waals surface area contributed by atoms with Crippen molar-refractivity contribution in [3.63, 3.8) is 0 Å². The molecule has 0 saturated carbocycles. The lowest BCUT2D eigenvalue weighted by Gasteiger charge is -2.10. The minimum absolute atomic E-state index is 0.507. The number of aryl methyl sites for hydroxylation is 2. The maximum absolute atomic E-state index is 10.1. The molecule has 1 atom stereocenters. The van der Waals surface area contributed by atoms with Crippen LogP contribution in [0, 0.1) is 6.92 Å². The average Bonchev–Trinajstić information content (AvgIpc) is 2.70. The number of aliphatic hydroxyl groups is 1. The van der Waals surface area contributed by atoms with Gasteiger partial charge in [-0.25, -0.2) is 0 Å². The summed E-state index contributed by atoms with van der Waals surface area (Å²) in [6, 6.07) is 1.99. The van der Waals surface area contributed by atoms with Gasteiger partial charge in [0, 0.05) is 31.1 Å². The Morgan fingerprint density at radius 2 is 2.24 bits per heavy atom. The van der Waals surface area contributed by atoms with Crippen molar-refractivity contribution in [2.75, 3.05) is 0 Å². The SMILES string of the molecule is CCn1nc(C)cc1CC(O)c1cnccn1. The normalized spacial score (nSPS) is 12.6. The standard InChI is InChI=1S/C12H16N4O/c1-3-16-10(6-9(2)15-16)7-12(17)11-8-13-4-5-14-11/h4-6,8,12,17H,3,7H2,1-2H3. The quantitative estimate of drug-likeness (QED) is 0.862. The van der Waals surface area contributed by atoms with Crippen molar-refractivity contribution in [3.05, 3.63) is 41.7 Å². The van der Waals surface area contributed by atoms with Gasteiger partial charge in [-0.2, -0.15) is 5.10 Å². The van der Waals surface area contributed by atoms with E-state index < -0.39 is 6.10 Å². The van der Waals surface area contributed by atoms with E-state index in [0.29, 0.717) is 12.1 Å². The van der Waals surface area contributed by atoms with Crippen LogP contribution in [0.25, 0.3) is 0 Å². The Morgan fingerprint density at radius 3 is 2.88 bits per heavy atom. The molecule has 0 fully saturated rings. The van der Waals surface area contributed by atoms with E-state index in [4.69, 9.17) is 0 Å². The van der Waals surface area contributed by atoms with Crippen LogP contribution in [0.3, 0.4) is 0 Å². The van der Waals surface area contributed by atoms with Crippen molar-refractivity contribution in [2.24, 2.45) is 0 Å². The lowest BCUT2D eigenvalue weighted by atomic mass is 10.1. The summed E-state index contributed by atoms with van der Waals surface area (Å²) in [5.41, 5.74) is 2.57. The zero-order chi connectivity index (χ0) is 12.3. The Bertz CT molecular complexity index is 481. The molecule has 2 rings (SSSR count). The first-order chi connectivity index (χ1) is 8.20. The van der Waals surface area contributed by atoms with Crippen LogP contribution in [-0.4, -0.2) is 24.9 Å². The van der Waals surface area contributed by atoms with Gasteiger partial charge in [0.05, 0.1) is 17.6 Å². The Labute approximate surface area is 100 Å². The van der Waals surface area contributed by atoms with Gasteiger partial charge in [0.15, 0.2) is 0 Å². The molecule has 0 bridgehead atoms. The Morgan fingerprint density at radius 1 is 1.41 bits per heavy atom. The van der Waals surface area contributed by atoms with E-state index in [1.54, 1.807) is 18.6 Å².